The molecule has 0 saturated carbocycles. The van der Waals surface area contributed by atoms with Gasteiger partial charge in [0, 0.05) is 25.3 Å². The molecule has 2 N–H and O–H groups in total. The molecule has 0 aliphatic rings. The number of rotatable bonds is 4. The van der Waals surface area contributed by atoms with Crippen LogP contribution >= 0.6 is 0 Å². The minimum absolute atomic E-state index is 0.242. The van der Waals surface area contributed by atoms with Crippen LogP contribution in [0, 0.1) is 5.82 Å². The van der Waals surface area contributed by atoms with Crippen molar-refractivity contribution in [3.05, 3.63) is 36.2 Å². The van der Waals surface area contributed by atoms with Crippen LogP contribution in [0.3, 0.4) is 0 Å². The average Bonchev–Trinajstić information content (AvgIpc) is 2.17. The maximum absolute atomic E-state index is 13.1. The van der Waals surface area contributed by atoms with Gasteiger partial charge in [0.05, 0.1) is 0 Å². The Hall–Kier alpha value is -1.35. The van der Waals surface area contributed by atoms with Crippen LogP contribution in [-0.2, 0) is 0 Å². The molecule has 3 heteroatoms. The standard InChI is InChI=1S/C12H17FN2/c1-9(6-7-14)11-8-10(13)4-5-12(11)15(2)3/h4-5,8H,1,6-7,14H2,2-3H3. The zero-order valence-electron chi connectivity index (χ0n) is 9.26. The van der Waals surface area contributed by atoms with Gasteiger partial charge in [-0.25, -0.2) is 4.39 Å². The van der Waals surface area contributed by atoms with E-state index in [9.17, 15) is 4.39 Å². The minimum Gasteiger partial charge on any atom is -0.377 e. The average molecular weight is 208 g/mol. The Kier molecular flexibility index (Phi) is 3.86. The first-order valence-corrected chi connectivity index (χ1v) is 4.91. The van der Waals surface area contributed by atoms with Gasteiger partial charge >= 0.3 is 0 Å². The number of nitrogens with two attached hydrogens (primary N) is 1. The summed E-state index contributed by atoms with van der Waals surface area (Å²) < 4.78 is 13.1. The van der Waals surface area contributed by atoms with Crippen LogP contribution in [0.2, 0.25) is 0 Å². The van der Waals surface area contributed by atoms with E-state index in [1.54, 1.807) is 6.07 Å². The van der Waals surface area contributed by atoms with Crippen LogP contribution in [0.1, 0.15) is 12.0 Å². The fourth-order valence-corrected chi connectivity index (χ4v) is 1.49. The highest BCUT2D eigenvalue weighted by atomic mass is 19.1. The maximum atomic E-state index is 13.1. The predicted molar refractivity (Wildman–Crippen MR) is 63.4 cm³/mol. The third-order valence-corrected chi connectivity index (χ3v) is 2.27. The lowest BCUT2D eigenvalue weighted by molar-refractivity contribution is 0.627. The van der Waals surface area contributed by atoms with Crippen molar-refractivity contribution in [3.8, 4) is 0 Å². The van der Waals surface area contributed by atoms with Crippen LogP contribution in [0.25, 0.3) is 5.57 Å². The van der Waals surface area contributed by atoms with Gasteiger partial charge in [-0.3, -0.25) is 0 Å². The van der Waals surface area contributed by atoms with Crippen LogP contribution in [0.5, 0.6) is 0 Å². The quantitative estimate of drug-likeness (QED) is 0.822. The Morgan fingerprint density at radius 1 is 1.47 bits per heavy atom. The molecule has 0 saturated heterocycles. The van der Waals surface area contributed by atoms with Crippen molar-refractivity contribution in [2.45, 2.75) is 6.42 Å². The van der Waals surface area contributed by atoms with Crippen LogP contribution in [-0.4, -0.2) is 20.6 Å². The van der Waals surface area contributed by atoms with Gasteiger partial charge in [-0.05, 0) is 36.7 Å². The Balaban J connectivity index is 3.12. The summed E-state index contributed by atoms with van der Waals surface area (Å²) in [6.07, 6.45) is 0.685. The van der Waals surface area contributed by atoms with Gasteiger partial charge < -0.3 is 10.6 Å². The van der Waals surface area contributed by atoms with Crippen LogP contribution in [0.15, 0.2) is 24.8 Å². The van der Waals surface area contributed by atoms with Crippen molar-refractivity contribution >= 4 is 11.3 Å². The molecule has 1 aromatic carbocycles. The largest absolute Gasteiger partial charge is 0.377 e. The van der Waals surface area contributed by atoms with Gasteiger partial charge in [-0.1, -0.05) is 6.58 Å². The first-order valence-electron chi connectivity index (χ1n) is 4.91. The number of anilines is 1. The van der Waals surface area contributed by atoms with Gasteiger partial charge in [0.2, 0.25) is 0 Å². The molecule has 0 bridgehead atoms. The van der Waals surface area contributed by atoms with Crippen molar-refractivity contribution < 1.29 is 4.39 Å². The zero-order valence-corrected chi connectivity index (χ0v) is 9.26. The smallest absolute Gasteiger partial charge is 0.123 e. The number of halogens is 1. The lowest BCUT2D eigenvalue weighted by Crippen LogP contribution is -2.12. The van der Waals surface area contributed by atoms with Crippen molar-refractivity contribution in [2.24, 2.45) is 5.73 Å². The second-order valence-corrected chi connectivity index (χ2v) is 3.70. The van der Waals surface area contributed by atoms with E-state index in [-0.39, 0.29) is 5.82 Å². The molecule has 0 radical (unpaired) electrons. The van der Waals surface area contributed by atoms with E-state index in [4.69, 9.17) is 5.73 Å². The zero-order chi connectivity index (χ0) is 11.4. The number of nitrogens with zero attached hydrogens (tertiary/aromatic N) is 1. The maximum Gasteiger partial charge on any atom is 0.123 e. The fraction of sp³-hybridized carbons (Fsp3) is 0.333. The Morgan fingerprint density at radius 2 is 2.13 bits per heavy atom. The molecule has 1 rings (SSSR count). The summed E-state index contributed by atoms with van der Waals surface area (Å²) in [6, 6.07) is 4.72. The predicted octanol–water partition coefficient (Wildman–Crippen LogP) is 2.25. The normalized spacial score (nSPS) is 10.1. The fourth-order valence-electron chi connectivity index (χ4n) is 1.49. The summed E-state index contributed by atoms with van der Waals surface area (Å²) in [7, 11) is 3.85. The topological polar surface area (TPSA) is 29.3 Å². The molecule has 0 aliphatic heterocycles. The second kappa shape index (κ2) is 4.94. The van der Waals surface area contributed by atoms with Gasteiger partial charge in [-0.15, -0.1) is 0 Å². The first-order chi connectivity index (χ1) is 7.06. The van der Waals surface area contributed by atoms with Gasteiger partial charge in [0.15, 0.2) is 0 Å². The van der Waals surface area contributed by atoms with E-state index in [1.807, 2.05) is 19.0 Å². The van der Waals surface area contributed by atoms with Crippen molar-refractivity contribution in [1.29, 1.82) is 0 Å². The molecule has 0 unspecified atom stereocenters. The summed E-state index contributed by atoms with van der Waals surface area (Å²) in [4.78, 5) is 1.94. The third kappa shape index (κ3) is 2.80. The van der Waals surface area contributed by atoms with Crippen LogP contribution < -0.4 is 10.6 Å². The number of benzene rings is 1. The highest BCUT2D eigenvalue weighted by Crippen LogP contribution is 2.27. The second-order valence-electron chi connectivity index (χ2n) is 3.70. The first kappa shape index (κ1) is 11.7. The molecular formula is C12H17FN2. The van der Waals surface area contributed by atoms with Gasteiger partial charge in [-0.2, -0.15) is 0 Å². The van der Waals surface area contributed by atoms with Crippen molar-refractivity contribution in [1.82, 2.24) is 0 Å². The molecule has 0 heterocycles. The molecule has 0 amide bonds. The molecule has 2 nitrogen and oxygen atoms in total. The molecule has 0 spiro atoms. The van der Waals surface area contributed by atoms with E-state index < -0.39 is 0 Å². The minimum atomic E-state index is -0.242. The molecular weight excluding hydrogens is 191 g/mol. The Labute approximate surface area is 90.2 Å². The van der Waals surface area contributed by atoms with Crippen LogP contribution in [0.4, 0.5) is 10.1 Å². The summed E-state index contributed by atoms with van der Waals surface area (Å²) in [5.41, 5.74) is 8.14. The molecule has 15 heavy (non-hydrogen) atoms. The Morgan fingerprint density at radius 3 is 2.67 bits per heavy atom. The summed E-state index contributed by atoms with van der Waals surface area (Å²) in [5.74, 6) is -0.242. The molecule has 0 aliphatic carbocycles. The molecule has 0 fully saturated rings. The van der Waals surface area contributed by atoms with E-state index in [0.717, 1.165) is 16.8 Å². The van der Waals surface area contributed by atoms with E-state index in [0.29, 0.717) is 13.0 Å². The molecule has 0 atom stereocenters. The van der Waals surface area contributed by atoms with Crippen molar-refractivity contribution in [3.63, 3.8) is 0 Å². The lowest BCUT2D eigenvalue weighted by Gasteiger charge is -2.18. The highest BCUT2D eigenvalue weighted by molar-refractivity contribution is 5.75. The molecule has 82 valence electrons. The highest BCUT2D eigenvalue weighted by Gasteiger charge is 2.08. The number of hydrogen-bond donors (Lipinski definition) is 1. The van der Waals surface area contributed by atoms with Gasteiger partial charge in [0.25, 0.3) is 0 Å². The molecule has 0 aromatic heterocycles. The summed E-state index contributed by atoms with van der Waals surface area (Å²) >= 11 is 0. The SMILES string of the molecule is C=C(CCN)c1cc(F)ccc1N(C)C. The third-order valence-electron chi connectivity index (χ3n) is 2.27. The monoisotopic (exact) mass is 208 g/mol. The lowest BCUT2D eigenvalue weighted by atomic mass is 10.0. The van der Waals surface area contributed by atoms with Crippen molar-refractivity contribution in [2.75, 3.05) is 25.5 Å². The van der Waals surface area contributed by atoms with E-state index >= 15 is 0 Å². The number of hydrogen-bond acceptors (Lipinski definition) is 2. The van der Waals surface area contributed by atoms with Gasteiger partial charge in [0.1, 0.15) is 5.82 Å². The van der Waals surface area contributed by atoms with E-state index in [2.05, 4.69) is 6.58 Å². The molecule has 1 aromatic rings. The van der Waals surface area contributed by atoms with E-state index in [1.165, 1.54) is 12.1 Å². The summed E-state index contributed by atoms with van der Waals surface area (Å²) in [5, 5.41) is 0. The summed E-state index contributed by atoms with van der Waals surface area (Å²) in [6.45, 7) is 4.46. The Bertz CT molecular complexity index is 359.